The van der Waals surface area contributed by atoms with Crippen LogP contribution < -0.4 is 0 Å². The van der Waals surface area contributed by atoms with Crippen LogP contribution in [0.25, 0.3) is 11.3 Å². The molecule has 0 radical (unpaired) electrons. The van der Waals surface area contributed by atoms with Gasteiger partial charge >= 0.3 is 6.18 Å². The first-order valence-electron chi connectivity index (χ1n) is 13.1. The molecule has 1 fully saturated rings. The van der Waals surface area contributed by atoms with Gasteiger partial charge in [0.2, 0.25) is 0 Å². The molecule has 40 heavy (non-hydrogen) atoms. The SMILES string of the molecule is Cc1cc(CC(=O)c2cnn(-c3c(Cl)cc(C(F)(F)F)cc3Cl)c2C)cnc1C1=CCC(N2CCOCC2)CC1. The average molecular weight is 593 g/mol. The number of ketones is 1. The number of carbonyl (C=O) groups is 1. The molecule has 11 heteroatoms. The number of benzene rings is 1. The Morgan fingerprint density at radius 2 is 1.80 bits per heavy atom. The van der Waals surface area contributed by atoms with Gasteiger partial charge in [-0.05, 0) is 61.9 Å². The molecule has 0 amide bonds. The molecule has 3 aromatic rings. The summed E-state index contributed by atoms with van der Waals surface area (Å²) in [5.74, 6) is -0.193. The number of carbonyl (C=O) groups excluding carboxylic acids is 1. The van der Waals surface area contributed by atoms with Gasteiger partial charge in [0.25, 0.3) is 0 Å². The highest BCUT2D eigenvalue weighted by Gasteiger charge is 2.33. The van der Waals surface area contributed by atoms with E-state index in [-0.39, 0.29) is 27.9 Å². The van der Waals surface area contributed by atoms with E-state index in [4.69, 9.17) is 32.9 Å². The van der Waals surface area contributed by atoms with Crippen LogP contribution in [-0.4, -0.2) is 57.8 Å². The molecular weight excluding hydrogens is 564 g/mol. The molecule has 1 atom stereocenters. The van der Waals surface area contributed by atoms with Crippen molar-refractivity contribution in [1.29, 1.82) is 0 Å². The second kappa shape index (κ2) is 11.6. The summed E-state index contributed by atoms with van der Waals surface area (Å²) < 4.78 is 46.1. The van der Waals surface area contributed by atoms with E-state index in [2.05, 4.69) is 16.1 Å². The average Bonchev–Trinajstić information content (AvgIpc) is 3.29. The van der Waals surface area contributed by atoms with Crippen molar-refractivity contribution in [3.8, 4) is 5.69 Å². The number of hydrogen-bond acceptors (Lipinski definition) is 5. The monoisotopic (exact) mass is 592 g/mol. The van der Waals surface area contributed by atoms with Gasteiger partial charge in [-0.2, -0.15) is 18.3 Å². The van der Waals surface area contributed by atoms with E-state index in [1.807, 2.05) is 13.0 Å². The Labute approximate surface area is 240 Å². The molecule has 0 spiro atoms. The molecular formula is C29H29Cl2F3N4O2. The highest BCUT2D eigenvalue weighted by molar-refractivity contribution is 6.37. The third kappa shape index (κ3) is 5.98. The molecule has 1 aliphatic carbocycles. The van der Waals surface area contributed by atoms with Gasteiger partial charge in [0.15, 0.2) is 5.78 Å². The lowest BCUT2D eigenvalue weighted by Crippen LogP contribution is -2.43. The molecule has 0 bridgehead atoms. The van der Waals surface area contributed by atoms with Crippen LogP contribution in [0, 0.1) is 13.8 Å². The van der Waals surface area contributed by atoms with Crippen molar-refractivity contribution < 1.29 is 22.7 Å². The first-order valence-corrected chi connectivity index (χ1v) is 13.9. The smallest absolute Gasteiger partial charge is 0.379 e. The van der Waals surface area contributed by atoms with Crippen LogP contribution in [0.15, 0.2) is 36.7 Å². The Hall–Kier alpha value is -2.72. The lowest BCUT2D eigenvalue weighted by Gasteiger charge is -2.36. The zero-order valence-electron chi connectivity index (χ0n) is 22.2. The summed E-state index contributed by atoms with van der Waals surface area (Å²) in [5.41, 5.74) is 3.87. The van der Waals surface area contributed by atoms with E-state index in [1.165, 1.54) is 16.5 Å². The molecule has 5 rings (SSSR count). The molecule has 1 aliphatic heterocycles. The number of nitrogens with zero attached hydrogens (tertiary/aromatic N) is 4. The summed E-state index contributed by atoms with van der Waals surface area (Å²) in [5, 5.41) is 3.78. The first-order chi connectivity index (χ1) is 19.0. The fourth-order valence-corrected chi connectivity index (χ4v) is 6.14. The van der Waals surface area contributed by atoms with Gasteiger partial charge in [-0.3, -0.25) is 14.7 Å². The van der Waals surface area contributed by atoms with Crippen molar-refractivity contribution in [2.24, 2.45) is 0 Å². The molecule has 2 aromatic heterocycles. The van der Waals surface area contributed by atoms with Crippen LogP contribution in [0.3, 0.4) is 0 Å². The van der Waals surface area contributed by atoms with Crippen LogP contribution in [-0.2, 0) is 17.3 Å². The highest BCUT2D eigenvalue weighted by Crippen LogP contribution is 2.38. The number of ether oxygens (including phenoxy) is 1. The lowest BCUT2D eigenvalue weighted by atomic mass is 9.90. The van der Waals surface area contributed by atoms with Crippen molar-refractivity contribution in [3.05, 3.63) is 80.4 Å². The van der Waals surface area contributed by atoms with E-state index < -0.39 is 11.7 Å². The van der Waals surface area contributed by atoms with Gasteiger partial charge in [0.1, 0.15) is 5.69 Å². The Kier molecular flexibility index (Phi) is 8.38. The number of allylic oxidation sites excluding steroid dienone is 1. The van der Waals surface area contributed by atoms with E-state index in [1.54, 1.807) is 13.1 Å². The molecule has 0 saturated carbocycles. The topological polar surface area (TPSA) is 60.2 Å². The minimum Gasteiger partial charge on any atom is -0.379 e. The standard InChI is InChI=1S/C29H29Cl2F3N4O2/c1-17-11-19(15-35-27(17)20-3-5-22(6-4-20)37-7-9-40-10-8-37)12-26(39)23-16-36-38(18(23)2)28-24(30)13-21(14-25(28)31)29(32,33)34/h3,11,13-16,22H,4-10,12H2,1-2H3. The highest BCUT2D eigenvalue weighted by atomic mass is 35.5. The van der Waals surface area contributed by atoms with Gasteiger partial charge in [0.05, 0.1) is 52.0 Å². The first kappa shape index (κ1) is 28.8. The fraction of sp³-hybridized carbons (Fsp3) is 0.414. The zero-order valence-corrected chi connectivity index (χ0v) is 23.7. The zero-order chi connectivity index (χ0) is 28.6. The molecule has 1 unspecified atom stereocenters. The number of aromatic nitrogens is 3. The number of aryl methyl sites for hydroxylation is 1. The van der Waals surface area contributed by atoms with E-state index in [0.29, 0.717) is 17.3 Å². The summed E-state index contributed by atoms with van der Waals surface area (Å²) in [4.78, 5) is 20.4. The van der Waals surface area contributed by atoms with Crippen LogP contribution >= 0.6 is 23.2 Å². The number of halogens is 5. The summed E-state index contributed by atoms with van der Waals surface area (Å²) in [6.45, 7) is 7.21. The molecule has 1 saturated heterocycles. The second-order valence-electron chi connectivity index (χ2n) is 10.3. The van der Waals surface area contributed by atoms with Gasteiger partial charge in [-0.15, -0.1) is 0 Å². The van der Waals surface area contributed by atoms with Crippen LogP contribution in [0.4, 0.5) is 13.2 Å². The number of pyridine rings is 1. The molecule has 2 aliphatic rings. The van der Waals surface area contributed by atoms with Crippen molar-refractivity contribution in [3.63, 3.8) is 0 Å². The van der Waals surface area contributed by atoms with Crippen molar-refractivity contribution in [2.75, 3.05) is 26.3 Å². The Morgan fingerprint density at radius 3 is 2.40 bits per heavy atom. The Morgan fingerprint density at radius 1 is 1.10 bits per heavy atom. The van der Waals surface area contributed by atoms with Crippen LogP contribution in [0.1, 0.15) is 57.7 Å². The van der Waals surface area contributed by atoms with Gasteiger partial charge < -0.3 is 4.74 Å². The van der Waals surface area contributed by atoms with Gasteiger partial charge in [0, 0.05) is 31.7 Å². The van der Waals surface area contributed by atoms with Gasteiger partial charge in [-0.25, -0.2) is 4.68 Å². The largest absolute Gasteiger partial charge is 0.416 e. The molecule has 3 heterocycles. The quantitative estimate of drug-likeness (QED) is 0.291. The van der Waals surface area contributed by atoms with Crippen molar-refractivity contribution >= 4 is 34.6 Å². The number of Topliss-reactive ketones (excluding diaryl/α,β-unsaturated/α-hetero) is 1. The van der Waals surface area contributed by atoms with Crippen molar-refractivity contribution in [2.45, 2.75) is 51.7 Å². The van der Waals surface area contributed by atoms with Crippen LogP contribution in [0.5, 0.6) is 0 Å². The van der Waals surface area contributed by atoms with Gasteiger partial charge in [-0.1, -0.05) is 35.3 Å². The number of alkyl halides is 3. The second-order valence-corrected chi connectivity index (χ2v) is 11.1. The summed E-state index contributed by atoms with van der Waals surface area (Å²) in [6, 6.07) is 4.12. The Bertz CT molecular complexity index is 1440. The maximum atomic E-state index is 13.2. The predicted octanol–water partition coefficient (Wildman–Crippen LogP) is 6.90. The summed E-state index contributed by atoms with van der Waals surface area (Å²) >= 11 is 12.3. The van der Waals surface area contributed by atoms with E-state index in [0.717, 1.165) is 74.5 Å². The van der Waals surface area contributed by atoms with Crippen molar-refractivity contribution in [1.82, 2.24) is 19.7 Å². The molecule has 0 N–H and O–H groups in total. The molecule has 6 nitrogen and oxygen atoms in total. The predicted molar refractivity (Wildman–Crippen MR) is 148 cm³/mol. The number of rotatable bonds is 6. The lowest BCUT2D eigenvalue weighted by molar-refractivity contribution is -0.137. The third-order valence-electron chi connectivity index (χ3n) is 7.62. The summed E-state index contributed by atoms with van der Waals surface area (Å²) in [6.07, 6.45) is 3.96. The Balaban J connectivity index is 1.29. The number of hydrogen-bond donors (Lipinski definition) is 0. The molecule has 212 valence electrons. The maximum Gasteiger partial charge on any atom is 0.416 e. The third-order valence-corrected chi connectivity index (χ3v) is 8.19. The minimum absolute atomic E-state index is 0.0892. The minimum atomic E-state index is -4.59. The summed E-state index contributed by atoms with van der Waals surface area (Å²) in [7, 11) is 0. The fourth-order valence-electron chi connectivity index (χ4n) is 5.50. The number of morpholine rings is 1. The maximum absolute atomic E-state index is 13.2. The molecule has 1 aromatic carbocycles. The van der Waals surface area contributed by atoms with E-state index in [9.17, 15) is 18.0 Å². The van der Waals surface area contributed by atoms with Crippen LogP contribution in [0.2, 0.25) is 10.0 Å². The van der Waals surface area contributed by atoms with E-state index >= 15 is 0 Å². The normalized spacial score (nSPS) is 18.6.